The van der Waals surface area contributed by atoms with Crippen molar-refractivity contribution in [3.05, 3.63) is 27.5 Å². The number of nitrogens with zero attached hydrogens (tertiary/aromatic N) is 4. The second-order valence-corrected chi connectivity index (χ2v) is 8.69. The van der Waals surface area contributed by atoms with E-state index in [0.29, 0.717) is 5.52 Å². The van der Waals surface area contributed by atoms with Gasteiger partial charge in [-0.05, 0) is 46.1 Å². The lowest BCUT2D eigenvalue weighted by atomic mass is 9.97. The maximum absolute atomic E-state index is 13.0. The Balaban J connectivity index is 1.73. The Morgan fingerprint density at radius 2 is 2.00 bits per heavy atom. The van der Waals surface area contributed by atoms with Crippen molar-refractivity contribution in [3.8, 4) is 0 Å². The van der Waals surface area contributed by atoms with Gasteiger partial charge in [-0.15, -0.1) is 11.3 Å². The Morgan fingerprint density at radius 3 is 2.69 bits per heavy atom. The Labute approximate surface area is 156 Å². The quantitative estimate of drug-likeness (QED) is 0.695. The smallest absolute Gasteiger partial charge is 0.291 e. The molecule has 1 saturated heterocycles. The summed E-state index contributed by atoms with van der Waals surface area (Å²) >= 11 is 1.67. The maximum Gasteiger partial charge on any atom is 0.291 e. The van der Waals surface area contributed by atoms with Crippen molar-refractivity contribution in [1.82, 2.24) is 19.2 Å². The van der Waals surface area contributed by atoms with Crippen LogP contribution in [0.2, 0.25) is 0 Å². The molecular weight excluding hydrogens is 348 g/mol. The summed E-state index contributed by atoms with van der Waals surface area (Å²) in [6.45, 7) is 6.23. The van der Waals surface area contributed by atoms with E-state index in [1.807, 2.05) is 16.5 Å². The van der Waals surface area contributed by atoms with Crippen LogP contribution in [0.1, 0.15) is 38.0 Å². The number of fused-ring (bicyclic) bond motifs is 3. The third-order valence-corrected chi connectivity index (χ3v) is 6.63. The Bertz CT molecular complexity index is 1050. The minimum atomic E-state index is -0.197. The molecule has 1 aliphatic heterocycles. The Kier molecular flexibility index (Phi) is 4.14. The molecule has 2 atom stereocenters. The number of hydrogen-bond acceptors (Lipinski definition) is 4. The summed E-state index contributed by atoms with van der Waals surface area (Å²) in [6.07, 6.45) is 4.91. The highest BCUT2D eigenvalue weighted by atomic mass is 32.1. The van der Waals surface area contributed by atoms with E-state index >= 15 is 0 Å². The summed E-state index contributed by atoms with van der Waals surface area (Å²) < 4.78 is 4.32. The van der Waals surface area contributed by atoms with E-state index < -0.39 is 0 Å². The predicted octanol–water partition coefficient (Wildman–Crippen LogP) is 3.05. The van der Waals surface area contributed by atoms with Crippen molar-refractivity contribution in [2.75, 3.05) is 0 Å². The largest absolute Gasteiger partial charge is 0.338 e. The summed E-state index contributed by atoms with van der Waals surface area (Å²) in [5.41, 5.74) is 1.47. The number of amides is 1. The lowest BCUT2D eigenvalue weighted by Gasteiger charge is -2.39. The first-order valence-corrected chi connectivity index (χ1v) is 9.96. The number of aryl methyl sites for hydroxylation is 2. The molecule has 26 heavy (non-hydrogen) atoms. The van der Waals surface area contributed by atoms with Crippen LogP contribution in [0.15, 0.2) is 17.1 Å². The van der Waals surface area contributed by atoms with Crippen LogP contribution in [0.25, 0.3) is 21.1 Å². The molecule has 138 valence electrons. The van der Waals surface area contributed by atoms with Crippen LogP contribution in [0.3, 0.4) is 0 Å². The average Bonchev–Trinajstić information content (AvgIpc) is 3.07. The third-order valence-electron chi connectivity index (χ3n) is 5.56. The van der Waals surface area contributed by atoms with Crippen LogP contribution in [-0.4, -0.2) is 37.2 Å². The van der Waals surface area contributed by atoms with E-state index in [-0.39, 0.29) is 30.1 Å². The van der Waals surface area contributed by atoms with Crippen LogP contribution in [0.4, 0.5) is 0 Å². The highest BCUT2D eigenvalue weighted by Gasteiger charge is 2.29. The standard InChI is InChI=1S/C19H24N4O2S/c1-11-6-5-7-12(2)23(11)16(24)10-22-19(25)17-14(9-20-22)18-15(21(17)4)8-13(3)26-18/h8-9,11-12H,5-7,10H2,1-4H3/t11-,12-/m1/s1. The molecule has 3 aromatic heterocycles. The normalized spacial score (nSPS) is 21.0. The number of thiophene rings is 1. The molecule has 1 fully saturated rings. The summed E-state index contributed by atoms with van der Waals surface area (Å²) in [5.74, 6) is -0.0227. The predicted molar refractivity (Wildman–Crippen MR) is 105 cm³/mol. The van der Waals surface area contributed by atoms with Crippen molar-refractivity contribution in [1.29, 1.82) is 0 Å². The fourth-order valence-corrected chi connectivity index (χ4v) is 5.32. The first-order valence-electron chi connectivity index (χ1n) is 9.14. The van der Waals surface area contributed by atoms with Gasteiger partial charge in [0.15, 0.2) is 0 Å². The molecule has 1 amide bonds. The lowest BCUT2D eigenvalue weighted by Crippen LogP contribution is -2.49. The van der Waals surface area contributed by atoms with Gasteiger partial charge in [0.25, 0.3) is 5.56 Å². The number of carbonyl (C=O) groups excluding carboxylic acids is 1. The molecular formula is C19H24N4O2S. The van der Waals surface area contributed by atoms with E-state index in [0.717, 1.165) is 34.9 Å². The van der Waals surface area contributed by atoms with Crippen molar-refractivity contribution in [3.63, 3.8) is 0 Å². The fraction of sp³-hybridized carbons (Fsp3) is 0.526. The summed E-state index contributed by atoms with van der Waals surface area (Å²) in [4.78, 5) is 29.0. The second-order valence-electron chi connectivity index (χ2n) is 7.43. The van der Waals surface area contributed by atoms with Gasteiger partial charge in [0.05, 0.1) is 16.4 Å². The number of carbonyl (C=O) groups is 1. The molecule has 0 N–H and O–H groups in total. The molecule has 4 heterocycles. The highest BCUT2D eigenvalue weighted by molar-refractivity contribution is 7.20. The highest BCUT2D eigenvalue weighted by Crippen LogP contribution is 2.32. The van der Waals surface area contributed by atoms with Crippen LogP contribution in [0.5, 0.6) is 0 Å². The second kappa shape index (κ2) is 6.23. The molecule has 4 rings (SSSR count). The summed E-state index contributed by atoms with van der Waals surface area (Å²) in [7, 11) is 1.90. The molecule has 3 aromatic rings. The molecule has 6 nitrogen and oxygen atoms in total. The van der Waals surface area contributed by atoms with Gasteiger partial charge in [-0.2, -0.15) is 5.10 Å². The number of hydrogen-bond donors (Lipinski definition) is 0. The number of rotatable bonds is 2. The van der Waals surface area contributed by atoms with Crippen LogP contribution in [-0.2, 0) is 18.4 Å². The number of likely N-dealkylation sites (tertiary alicyclic amines) is 1. The molecule has 7 heteroatoms. The number of aromatic nitrogens is 3. The summed E-state index contributed by atoms with van der Waals surface area (Å²) in [5, 5.41) is 5.18. The van der Waals surface area contributed by atoms with Gasteiger partial charge in [-0.1, -0.05) is 0 Å². The van der Waals surface area contributed by atoms with Crippen molar-refractivity contribution < 1.29 is 4.79 Å². The molecule has 0 unspecified atom stereocenters. The zero-order valence-corrected chi connectivity index (χ0v) is 16.5. The molecule has 0 saturated carbocycles. The van der Waals surface area contributed by atoms with Crippen LogP contribution >= 0.6 is 11.3 Å². The monoisotopic (exact) mass is 372 g/mol. The van der Waals surface area contributed by atoms with Gasteiger partial charge in [0.2, 0.25) is 5.91 Å². The molecule has 0 aliphatic carbocycles. The third kappa shape index (κ3) is 2.57. The molecule has 0 aromatic carbocycles. The first-order chi connectivity index (χ1) is 12.4. The molecule has 0 radical (unpaired) electrons. The van der Waals surface area contributed by atoms with E-state index in [1.165, 1.54) is 9.56 Å². The Hall–Kier alpha value is -2.15. The van der Waals surface area contributed by atoms with Crippen LogP contribution in [0, 0.1) is 6.92 Å². The topological polar surface area (TPSA) is 60.1 Å². The Morgan fingerprint density at radius 1 is 1.31 bits per heavy atom. The van der Waals surface area contributed by atoms with E-state index in [1.54, 1.807) is 17.5 Å². The zero-order chi connectivity index (χ0) is 18.6. The molecule has 0 spiro atoms. The number of piperidine rings is 1. The van der Waals surface area contributed by atoms with Gasteiger partial charge in [0.1, 0.15) is 12.1 Å². The summed E-state index contributed by atoms with van der Waals surface area (Å²) in [6, 6.07) is 2.52. The maximum atomic E-state index is 13.0. The zero-order valence-electron chi connectivity index (χ0n) is 15.7. The lowest BCUT2D eigenvalue weighted by molar-refractivity contribution is -0.138. The van der Waals surface area contributed by atoms with Crippen molar-refractivity contribution in [2.24, 2.45) is 7.05 Å². The van der Waals surface area contributed by atoms with Gasteiger partial charge in [-0.3, -0.25) is 9.59 Å². The van der Waals surface area contributed by atoms with Gasteiger partial charge in [0, 0.05) is 29.4 Å². The van der Waals surface area contributed by atoms with E-state index in [2.05, 4.69) is 31.9 Å². The van der Waals surface area contributed by atoms with Crippen LogP contribution < -0.4 is 5.56 Å². The minimum Gasteiger partial charge on any atom is -0.338 e. The molecule has 1 aliphatic rings. The SMILES string of the molecule is Cc1cc2c(s1)c1cnn(CC(=O)N3[C@H](C)CCC[C@H]3C)c(=O)c1n2C. The van der Waals surface area contributed by atoms with E-state index in [4.69, 9.17) is 0 Å². The molecule has 0 bridgehead atoms. The first kappa shape index (κ1) is 17.3. The van der Waals surface area contributed by atoms with Gasteiger partial charge < -0.3 is 9.47 Å². The van der Waals surface area contributed by atoms with Gasteiger partial charge in [-0.25, -0.2) is 4.68 Å². The van der Waals surface area contributed by atoms with Crippen molar-refractivity contribution >= 4 is 38.4 Å². The fourth-order valence-electron chi connectivity index (χ4n) is 4.27. The minimum absolute atomic E-state index is 0.00130. The van der Waals surface area contributed by atoms with Crippen molar-refractivity contribution in [2.45, 2.75) is 58.7 Å². The van der Waals surface area contributed by atoms with E-state index in [9.17, 15) is 9.59 Å². The van der Waals surface area contributed by atoms with Gasteiger partial charge >= 0.3 is 0 Å². The average molecular weight is 372 g/mol.